The van der Waals surface area contributed by atoms with Crippen LogP contribution in [0.2, 0.25) is 0 Å². The van der Waals surface area contributed by atoms with Crippen molar-refractivity contribution in [3.63, 3.8) is 0 Å². The number of aliphatic imine (C=N–C) groups is 1. The van der Waals surface area contributed by atoms with E-state index in [0.717, 1.165) is 44.6 Å². The van der Waals surface area contributed by atoms with Crippen LogP contribution in [0.4, 0.5) is 4.79 Å². The van der Waals surface area contributed by atoms with Crippen molar-refractivity contribution in [2.24, 2.45) is 22.7 Å². The lowest BCUT2D eigenvalue weighted by molar-refractivity contribution is -0.102. The Kier molecular flexibility index (Phi) is 5.26. The van der Waals surface area contributed by atoms with Gasteiger partial charge in [0.25, 0.3) is 0 Å². The van der Waals surface area contributed by atoms with E-state index in [-0.39, 0.29) is 11.6 Å². The molecule has 1 heterocycles. The SMILES string of the molecule is CN(C)C(=O)N1C[C@@H]2C[C@](CC3CCCCC3)(N=CC=O)C[C@@H]2C1. The maximum absolute atomic E-state index is 12.2. The first-order chi connectivity index (χ1) is 11.5. The second-order valence-electron chi connectivity index (χ2n) is 8.36. The predicted octanol–water partition coefficient (Wildman–Crippen LogP) is 2.99. The van der Waals surface area contributed by atoms with Gasteiger partial charge in [0.05, 0.1) is 11.8 Å². The molecule has 0 unspecified atom stereocenters. The molecular weight excluding hydrogens is 302 g/mol. The maximum atomic E-state index is 12.2. The highest BCUT2D eigenvalue weighted by Gasteiger charge is 2.50. The molecule has 3 aliphatic rings. The second-order valence-corrected chi connectivity index (χ2v) is 8.36. The Balaban J connectivity index is 1.66. The van der Waals surface area contributed by atoms with E-state index in [1.54, 1.807) is 4.90 Å². The van der Waals surface area contributed by atoms with Gasteiger partial charge in [-0.1, -0.05) is 32.1 Å². The maximum Gasteiger partial charge on any atom is 0.319 e. The molecule has 2 amide bonds. The van der Waals surface area contributed by atoms with E-state index in [1.165, 1.54) is 38.3 Å². The number of carbonyl (C=O) groups excluding carboxylic acids is 2. The monoisotopic (exact) mass is 333 g/mol. The predicted molar refractivity (Wildman–Crippen MR) is 95.3 cm³/mol. The molecule has 134 valence electrons. The number of aldehydes is 1. The highest BCUT2D eigenvalue weighted by atomic mass is 16.2. The number of rotatable bonds is 4. The third kappa shape index (κ3) is 3.65. The molecule has 0 spiro atoms. The van der Waals surface area contributed by atoms with Crippen LogP contribution in [0, 0.1) is 17.8 Å². The molecule has 5 nitrogen and oxygen atoms in total. The number of urea groups is 1. The van der Waals surface area contributed by atoms with Crippen molar-refractivity contribution in [2.45, 2.75) is 56.9 Å². The first-order valence-electron chi connectivity index (χ1n) is 9.48. The average molecular weight is 333 g/mol. The summed E-state index contributed by atoms with van der Waals surface area (Å²) in [4.78, 5) is 31.5. The highest BCUT2D eigenvalue weighted by Crippen LogP contribution is 2.50. The van der Waals surface area contributed by atoms with Crippen molar-refractivity contribution in [1.82, 2.24) is 9.80 Å². The zero-order valence-corrected chi connectivity index (χ0v) is 15.1. The first-order valence-corrected chi connectivity index (χ1v) is 9.48. The largest absolute Gasteiger partial charge is 0.331 e. The fourth-order valence-electron chi connectivity index (χ4n) is 5.34. The summed E-state index contributed by atoms with van der Waals surface area (Å²) in [7, 11) is 3.64. The lowest BCUT2D eigenvalue weighted by Gasteiger charge is -2.33. The molecule has 0 aromatic heterocycles. The van der Waals surface area contributed by atoms with Gasteiger partial charge in [0.1, 0.15) is 0 Å². The molecule has 0 aromatic carbocycles. The lowest BCUT2D eigenvalue weighted by atomic mass is 9.78. The van der Waals surface area contributed by atoms with E-state index in [4.69, 9.17) is 4.99 Å². The number of hydrogen-bond acceptors (Lipinski definition) is 3. The van der Waals surface area contributed by atoms with Crippen LogP contribution in [0.1, 0.15) is 51.4 Å². The summed E-state index contributed by atoms with van der Waals surface area (Å²) in [5.74, 6) is 1.85. The summed E-state index contributed by atoms with van der Waals surface area (Å²) in [6.45, 7) is 1.70. The average Bonchev–Trinajstić information content (AvgIpc) is 3.09. The lowest BCUT2D eigenvalue weighted by Crippen LogP contribution is -2.39. The van der Waals surface area contributed by atoms with E-state index < -0.39 is 0 Å². The zero-order valence-electron chi connectivity index (χ0n) is 15.1. The molecule has 24 heavy (non-hydrogen) atoms. The van der Waals surface area contributed by atoms with Gasteiger partial charge in [0.2, 0.25) is 0 Å². The summed E-state index contributed by atoms with van der Waals surface area (Å²) in [6.07, 6.45) is 12.2. The Hall–Kier alpha value is -1.39. The second kappa shape index (κ2) is 7.24. The molecule has 5 heteroatoms. The summed E-state index contributed by atoms with van der Waals surface area (Å²) in [6, 6.07) is 0.124. The Morgan fingerprint density at radius 3 is 2.33 bits per heavy atom. The van der Waals surface area contributed by atoms with E-state index in [2.05, 4.69) is 0 Å². The van der Waals surface area contributed by atoms with Crippen molar-refractivity contribution in [2.75, 3.05) is 27.2 Å². The van der Waals surface area contributed by atoms with Crippen LogP contribution in [0.25, 0.3) is 0 Å². The van der Waals surface area contributed by atoms with Crippen molar-refractivity contribution in [1.29, 1.82) is 0 Å². The Labute approximate surface area is 145 Å². The molecule has 0 bridgehead atoms. The van der Waals surface area contributed by atoms with Gasteiger partial charge in [-0.25, -0.2) is 4.79 Å². The normalized spacial score (nSPS) is 33.8. The highest BCUT2D eigenvalue weighted by molar-refractivity contribution is 6.13. The van der Waals surface area contributed by atoms with Crippen LogP contribution in [0.5, 0.6) is 0 Å². The summed E-state index contributed by atoms with van der Waals surface area (Å²) < 4.78 is 0. The first kappa shape index (κ1) is 17.4. The fourth-order valence-corrected chi connectivity index (χ4v) is 5.34. The standard InChI is InChI=1S/C19H31N3O2/c1-21(2)18(24)22-13-16-11-19(20-8-9-23,12-17(16)14-22)10-15-6-4-3-5-7-15/h8-9,15-17H,3-7,10-14H2,1-2H3/t16-,17+,19-. The molecule has 3 fully saturated rings. The molecule has 0 radical (unpaired) electrons. The third-order valence-corrected chi connectivity index (χ3v) is 6.32. The van der Waals surface area contributed by atoms with E-state index in [9.17, 15) is 9.59 Å². The minimum atomic E-state index is -0.0501. The van der Waals surface area contributed by atoms with E-state index in [1.807, 2.05) is 19.0 Å². The Bertz CT molecular complexity index is 483. The van der Waals surface area contributed by atoms with Gasteiger partial charge in [-0.2, -0.15) is 0 Å². The van der Waals surface area contributed by atoms with Gasteiger partial charge in [0, 0.05) is 27.2 Å². The van der Waals surface area contributed by atoms with Crippen LogP contribution >= 0.6 is 0 Å². The van der Waals surface area contributed by atoms with E-state index >= 15 is 0 Å². The van der Waals surface area contributed by atoms with Gasteiger partial charge in [-0.05, 0) is 37.0 Å². The van der Waals surface area contributed by atoms with Gasteiger partial charge >= 0.3 is 6.03 Å². The number of nitrogens with zero attached hydrogens (tertiary/aromatic N) is 3. The van der Waals surface area contributed by atoms with Crippen molar-refractivity contribution >= 4 is 18.5 Å². The molecular formula is C19H31N3O2. The molecule has 1 aliphatic heterocycles. The van der Waals surface area contributed by atoms with Crippen LogP contribution < -0.4 is 0 Å². The molecule has 2 saturated carbocycles. The number of likely N-dealkylation sites (tertiary alicyclic amines) is 1. The summed E-state index contributed by atoms with van der Waals surface area (Å²) >= 11 is 0. The van der Waals surface area contributed by atoms with E-state index in [0.29, 0.717) is 11.8 Å². The van der Waals surface area contributed by atoms with Crippen LogP contribution in [0.15, 0.2) is 4.99 Å². The number of fused-ring (bicyclic) bond motifs is 1. The molecule has 3 rings (SSSR count). The zero-order chi connectivity index (χ0) is 17.2. The smallest absolute Gasteiger partial charge is 0.319 e. The van der Waals surface area contributed by atoms with Crippen molar-refractivity contribution < 1.29 is 9.59 Å². The quantitative estimate of drug-likeness (QED) is 0.586. The number of carbonyl (C=O) groups is 2. The van der Waals surface area contributed by atoms with Gasteiger partial charge in [0.15, 0.2) is 6.29 Å². The molecule has 3 atom stereocenters. The molecule has 2 aliphatic carbocycles. The van der Waals surface area contributed by atoms with Crippen molar-refractivity contribution in [3.8, 4) is 0 Å². The molecule has 0 N–H and O–H groups in total. The molecule has 0 aromatic rings. The topological polar surface area (TPSA) is 53.0 Å². The minimum Gasteiger partial charge on any atom is -0.331 e. The Morgan fingerprint density at radius 1 is 1.17 bits per heavy atom. The van der Waals surface area contributed by atoms with Crippen molar-refractivity contribution in [3.05, 3.63) is 0 Å². The third-order valence-electron chi connectivity index (χ3n) is 6.32. The van der Waals surface area contributed by atoms with Gasteiger partial charge in [-0.15, -0.1) is 0 Å². The Morgan fingerprint density at radius 2 is 1.79 bits per heavy atom. The minimum absolute atomic E-state index is 0.0501. The van der Waals surface area contributed by atoms with Gasteiger partial charge in [-0.3, -0.25) is 9.79 Å². The van der Waals surface area contributed by atoms with Crippen LogP contribution in [0.3, 0.4) is 0 Å². The summed E-state index contributed by atoms with van der Waals surface area (Å²) in [5, 5.41) is 0. The van der Waals surface area contributed by atoms with Crippen LogP contribution in [-0.4, -0.2) is 61.1 Å². The summed E-state index contributed by atoms with van der Waals surface area (Å²) in [5.41, 5.74) is -0.0501. The van der Waals surface area contributed by atoms with Gasteiger partial charge < -0.3 is 9.80 Å². The van der Waals surface area contributed by atoms with Crippen LogP contribution in [-0.2, 0) is 4.79 Å². The number of amides is 2. The number of hydrogen-bond donors (Lipinski definition) is 0. The molecule has 1 saturated heterocycles. The fraction of sp³-hybridized carbons (Fsp3) is 0.842.